The number of rotatable bonds is 9. The van der Waals surface area contributed by atoms with Crippen molar-refractivity contribution in [2.24, 2.45) is 5.92 Å². The van der Waals surface area contributed by atoms with E-state index in [1.54, 1.807) is 0 Å². The molecule has 1 aliphatic carbocycles. The van der Waals surface area contributed by atoms with Crippen molar-refractivity contribution >= 4 is 0 Å². The summed E-state index contributed by atoms with van der Waals surface area (Å²) in [4.78, 5) is 0. The Kier molecular flexibility index (Phi) is 7.41. The number of hydrogen-bond acceptors (Lipinski definition) is 3. The highest BCUT2D eigenvalue weighted by molar-refractivity contribution is 5.14. The van der Waals surface area contributed by atoms with E-state index in [4.69, 9.17) is 4.74 Å². The molecule has 0 aliphatic heterocycles. The molecule has 1 N–H and O–H groups in total. The van der Waals surface area contributed by atoms with E-state index >= 15 is 0 Å². The number of ether oxygens (including phenoxy) is 1. The summed E-state index contributed by atoms with van der Waals surface area (Å²) in [6, 6.07) is 2.56. The van der Waals surface area contributed by atoms with Gasteiger partial charge in [0.2, 0.25) is 0 Å². The van der Waals surface area contributed by atoms with E-state index in [-0.39, 0.29) is 5.54 Å². The van der Waals surface area contributed by atoms with Crippen molar-refractivity contribution in [1.82, 2.24) is 5.32 Å². The zero-order chi connectivity index (χ0) is 14.1. The normalized spacial score (nSPS) is 28.2. The predicted octanol–water partition coefficient (Wildman–Crippen LogP) is 3.64. The van der Waals surface area contributed by atoms with Crippen molar-refractivity contribution < 1.29 is 4.74 Å². The van der Waals surface area contributed by atoms with Crippen LogP contribution in [0.1, 0.15) is 65.7 Å². The van der Waals surface area contributed by atoms with Crippen LogP contribution in [-0.2, 0) is 4.74 Å². The zero-order valence-electron chi connectivity index (χ0n) is 12.9. The second-order valence-corrected chi connectivity index (χ2v) is 5.86. The maximum atomic E-state index is 9.55. The fourth-order valence-corrected chi connectivity index (χ4v) is 3.14. The van der Waals surface area contributed by atoms with Crippen LogP contribution in [0, 0.1) is 17.2 Å². The minimum atomic E-state index is -0.284. The van der Waals surface area contributed by atoms with Gasteiger partial charge in [-0.05, 0) is 51.5 Å². The molecule has 0 saturated heterocycles. The molecular weight excluding hydrogens is 236 g/mol. The first-order chi connectivity index (χ1) is 9.18. The molecule has 0 spiro atoms. The predicted molar refractivity (Wildman–Crippen MR) is 78.9 cm³/mol. The lowest BCUT2D eigenvalue weighted by Crippen LogP contribution is -2.47. The first-order valence-electron chi connectivity index (χ1n) is 7.96. The summed E-state index contributed by atoms with van der Waals surface area (Å²) in [5.41, 5.74) is -0.284. The van der Waals surface area contributed by atoms with E-state index in [2.05, 4.69) is 32.2 Å². The quantitative estimate of drug-likeness (QED) is 0.693. The van der Waals surface area contributed by atoms with Crippen molar-refractivity contribution in [2.75, 3.05) is 13.2 Å². The third-order valence-electron chi connectivity index (χ3n) is 4.27. The molecule has 1 rings (SSSR count). The molecule has 19 heavy (non-hydrogen) atoms. The van der Waals surface area contributed by atoms with E-state index in [1.807, 2.05) is 0 Å². The topological polar surface area (TPSA) is 45.0 Å². The monoisotopic (exact) mass is 266 g/mol. The van der Waals surface area contributed by atoms with Crippen LogP contribution in [0.25, 0.3) is 0 Å². The molecule has 0 aromatic carbocycles. The van der Waals surface area contributed by atoms with E-state index in [9.17, 15) is 5.26 Å². The lowest BCUT2D eigenvalue weighted by molar-refractivity contribution is 0.0465. The van der Waals surface area contributed by atoms with Crippen molar-refractivity contribution in [3.8, 4) is 6.07 Å². The lowest BCUT2D eigenvalue weighted by atomic mass is 9.86. The minimum Gasteiger partial charge on any atom is -0.378 e. The summed E-state index contributed by atoms with van der Waals surface area (Å²) in [5.74, 6) is 0.456. The first kappa shape index (κ1) is 16.5. The minimum absolute atomic E-state index is 0.284. The highest BCUT2D eigenvalue weighted by Crippen LogP contribution is 2.37. The smallest absolute Gasteiger partial charge is 0.109 e. The van der Waals surface area contributed by atoms with Gasteiger partial charge in [0.1, 0.15) is 5.54 Å². The van der Waals surface area contributed by atoms with Gasteiger partial charge in [-0.2, -0.15) is 5.26 Å². The van der Waals surface area contributed by atoms with Gasteiger partial charge in [-0.25, -0.2) is 0 Å². The van der Waals surface area contributed by atoms with E-state index in [1.165, 1.54) is 12.8 Å². The molecule has 110 valence electrons. The zero-order valence-corrected chi connectivity index (χ0v) is 12.9. The Balaban J connectivity index is 2.40. The number of nitrogens with one attached hydrogen (secondary N) is 1. The van der Waals surface area contributed by atoms with Gasteiger partial charge in [0.25, 0.3) is 0 Å². The molecule has 1 fully saturated rings. The second-order valence-electron chi connectivity index (χ2n) is 5.86. The van der Waals surface area contributed by atoms with Crippen LogP contribution in [0.3, 0.4) is 0 Å². The van der Waals surface area contributed by atoms with E-state index in [0.717, 1.165) is 45.3 Å². The molecule has 0 aromatic rings. The Morgan fingerprint density at radius 3 is 2.84 bits per heavy atom. The van der Waals surface area contributed by atoms with Gasteiger partial charge in [-0.15, -0.1) is 0 Å². The standard InChI is InChI=1S/C16H30N2O/c1-4-7-14(3)19-12-9-15-8-6-10-16(15,13-17)18-11-5-2/h14-15,18H,4-12H2,1-3H3. The van der Waals surface area contributed by atoms with Crippen LogP contribution in [0.15, 0.2) is 0 Å². The molecule has 3 heteroatoms. The van der Waals surface area contributed by atoms with Gasteiger partial charge in [-0.3, -0.25) is 5.32 Å². The number of hydrogen-bond donors (Lipinski definition) is 1. The Bertz CT molecular complexity index is 287. The van der Waals surface area contributed by atoms with Gasteiger partial charge in [0.05, 0.1) is 12.2 Å². The maximum absolute atomic E-state index is 9.55. The Hall–Kier alpha value is -0.590. The molecule has 0 heterocycles. The summed E-state index contributed by atoms with van der Waals surface area (Å²) >= 11 is 0. The third kappa shape index (κ3) is 4.78. The second kappa shape index (κ2) is 8.55. The van der Waals surface area contributed by atoms with Gasteiger partial charge in [0, 0.05) is 6.61 Å². The lowest BCUT2D eigenvalue weighted by Gasteiger charge is -2.30. The molecule has 1 saturated carbocycles. The van der Waals surface area contributed by atoms with E-state index < -0.39 is 0 Å². The van der Waals surface area contributed by atoms with Crippen LogP contribution < -0.4 is 5.32 Å². The van der Waals surface area contributed by atoms with Crippen molar-refractivity contribution in [2.45, 2.75) is 77.4 Å². The Morgan fingerprint density at radius 2 is 2.21 bits per heavy atom. The van der Waals surface area contributed by atoms with Crippen LogP contribution in [0.4, 0.5) is 0 Å². The van der Waals surface area contributed by atoms with Crippen molar-refractivity contribution in [3.05, 3.63) is 0 Å². The van der Waals surface area contributed by atoms with Crippen LogP contribution in [0.2, 0.25) is 0 Å². The SMILES string of the molecule is CCCNC1(C#N)CCCC1CCOC(C)CCC. The molecule has 0 radical (unpaired) electrons. The number of nitrogens with zero attached hydrogens (tertiary/aromatic N) is 1. The average Bonchev–Trinajstić information content (AvgIpc) is 2.80. The Labute approximate surface area is 118 Å². The first-order valence-corrected chi connectivity index (χ1v) is 7.96. The van der Waals surface area contributed by atoms with Crippen LogP contribution in [0.5, 0.6) is 0 Å². The molecule has 0 bridgehead atoms. The van der Waals surface area contributed by atoms with Crippen LogP contribution in [-0.4, -0.2) is 24.8 Å². The fraction of sp³-hybridized carbons (Fsp3) is 0.938. The van der Waals surface area contributed by atoms with Crippen molar-refractivity contribution in [1.29, 1.82) is 5.26 Å². The molecular formula is C16H30N2O. The van der Waals surface area contributed by atoms with Gasteiger partial charge < -0.3 is 4.74 Å². The maximum Gasteiger partial charge on any atom is 0.109 e. The summed E-state index contributed by atoms with van der Waals surface area (Å²) < 4.78 is 5.85. The van der Waals surface area contributed by atoms with Crippen molar-refractivity contribution in [3.63, 3.8) is 0 Å². The molecule has 1 aliphatic rings. The highest BCUT2D eigenvalue weighted by atomic mass is 16.5. The fourth-order valence-electron chi connectivity index (χ4n) is 3.14. The highest BCUT2D eigenvalue weighted by Gasteiger charge is 2.42. The average molecular weight is 266 g/mol. The summed E-state index contributed by atoms with van der Waals surface area (Å²) in [6.07, 6.45) is 8.07. The summed E-state index contributed by atoms with van der Waals surface area (Å²) in [6.45, 7) is 8.22. The molecule has 3 nitrogen and oxygen atoms in total. The molecule has 3 unspecified atom stereocenters. The third-order valence-corrected chi connectivity index (χ3v) is 4.27. The van der Waals surface area contributed by atoms with Gasteiger partial charge in [0.15, 0.2) is 0 Å². The Morgan fingerprint density at radius 1 is 1.42 bits per heavy atom. The molecule has 3 atom stereocenters. The van der Waals surface area contributed by atoms with Gasteiger partial charge >= 0.3 is 0 Å². The van der Waals surface area contributed by atoms with Crippen LogP contribution >= 0.6 is 0 Å². The summed E-state index contributed by atoms with van der Waals surface area (Å²) in [5, 5.41) is 13.0. The van der Waals surface area contributed by atoms with Gasteiger partial charge in [-0.1, -0.05) is 26.7 Å². The molecule has 0 amide bonds. The van der Waals surface area contributed by atoms with E-state index in [0.29, 0.717) is 12.0 Å². The summed E-state index contributed by atoms with van der Waals surface area (Å²) in [7, 11) is 0. The largest absolute Gasteiger partial charge is 0.378 e. The molecule has 0 aromatic heterocycles. The number of nitriles is 1.